The molecule has 2 aliphatic rings. The number of rotatable bonds is 3. The van der Waals surface area contributed by atoms with Gasteiger partial charge in [-0.25, -0.2) is 14.0 Å². The molecule has 6 nitrogen and oxygen atoms in total. The summed E-state index contributed by atoms with van der Waals surface area (Å²) in [5.74, 6) is -1.46. The summed E-state index contributed by atoms with van der Waals surface area (Å²) in [5.41, 5.74) is -3.11. The molecule has 2 aliphatic heterocycles. The number of hydrogen-bond donors (Lipinski definition) is 1. The number of likely N-dealkylation sites (tertiary alicyclic amines) is 2. The molecule has 0 bridgehead atoms. The van der Waals surface area contributed by atoms with Crippen molar-refractivity contribution < 1.29 is 23.8 Å². The van der Waals surface area contributed by atoms with Crippen LogP contribution in [0.2, 0.25) is 0 Å². The van der Waals surface area contributed by atoms with Crippen LogP contribution < -0.4 is 0 Å². The Morgan fingerprint density at radius 2 is 1.77 bits per heavy atom. The Balaban J connectivity index is 1.72. The SMILES string of the molecule is CC(C)(C)OC(=O)N1CC2(CN(Cc3ccccc3)CC2(F)C(=O)O)C1. The van der Waals surface area contributed by atoms with Crippen LogP contribution in [0.5, 0.6) is 0 Å². The predicted octanol–water partition coefficient (Wildman–Crippen LogP) is 2.53. The lowest BCUT2D eigenvalue weighted by molar-refractivity contribution is -0.167. The van der Waals surface area contributed by atoms with Crippen molar-refractivity contribution in [2.75, 3.05) is 26.2 Å². The molecule has 0 aromatic heterocycles. The summed E-state index contributed by atoms with van der Waals surface area (Å²) in [4.78, 5) is 27.1. The van der Waals surface area contributed by atoms with E-state index in [9.17, 15) is 14.7 Å². The predicted molar refractivity (Wildman–Crippen MR) is 93.4 cm³/mol. The number of nitrogens with zero attached hydrogens (tertiary/aromatic N) is 2. The number of hydrogen-bond acceptors (Lipinski definition) is 4. The van der Waals surface area contributed by atoms with Crippen molar-refractivity contribution in [1.29, 1.82) is 0 Å². The lowest BCUT2D eigenvalue weighted by atomic mass is 9.69. The van der Waals surface area contributed by atoms with Crippen molar-refractivity contribution >= 4 is 12.1 Å². The topological polar surface area (TPSA) is 70.1 Å². The molecule has 3 rings (SSSR count). The molecule has 2 fully saturated rings. The van der Waals surface area contributed by atoms with Crippen molar-refractivity contribution in [2.24, 2.45) is 5.41 Å². The van der Waals surface area contributed by atoms with Gasteiger partial charge in [-0.3, -0.25) is 4.90 Å². The fraction of sp³-hybridized carbons (Fsp3) is 0.579. The Morgan fingerprint density at radius 3 is 2.31 bits per heavy atom. The monoisotopic (exact) mass is 364 g/mol. The van der Waals surface area contributed by atoms with Crippen molar-refractivity contribution in [2.45, 2.75) is 38.6 Å². The first kappa shape index (κ1) is 18.6. The van der Waals surface area contributed by atoms with Gasteiger partial charge >= 0.3 is 12.1 Å². The van der Waals surface area contributed by atoms with E-state index in [1.165, 1.54) is 4.90 Å². The highest BCUT2D eigenvalue weighted by Crippen LogP contribution is 2.49. The Morgan fingerprint density at radius 1 is 1.15 bits per heavy atom. The minimum atomic E-state index is -2.37. The molecule has 142 valence electrons. The van der Waals surface area contributed by atoms with E-state index in [1.807, 2.05) is 35.2 Å². The first-order chi connectivity index (χ1) is 12.0. The molecule has 1 aromatic carbocycles. The van der Waals surface area contributed by atoms with Crippen LogP contribution in [0.1, 0.15) is 26.3 Å². The van der Waals surface area contributed by atoms with E-state index in [-0.39, 0.29) is 19.6 Å². The van der Waals surface area contributed by atoms with Crippen LogP contribution >= 0.6 is 0 Å². The molecule has 1 atom stereocenters. The molecule has 26 heavy (non-hydrogen) atoms. The summed E-state index contributed by atoms with van der Waals surface area (Å²) in [6, 6.07) is 9.55. The third-order valence-electron chi connectivity index (χ3n) is 5.04. The van der Waals surface area contributed by atoms with Gasteiger partial charge in [0.2, 0.25) is 5.67 Å². The normalized spacial score (nSPS) is 25.2. The Labute approximate surface area is 152 Å². The van der Waals surface area contributed by atoms with E-state index in [0.29, 0.717) is 13.1 Å². The van der Waals surface area contributed by atoms with Crippen LogP contribution in [0.3, 0.4) is 0 Å². The fourth-order valence-corrected chi connectivity index (χ4v) is 3.82. The molecular weight excluding hydrogens is 339 g/mol. The third kappa shape index (κ3) is 3.28. The van der Waals surface area contributed by atoms with Crippen LogP contribution in [0.4, 0.5) is 9.18 Å². The molecule has 1 aromatic rings. The molecule has 2 saturated heterocycles. The van der Waals surface area contributed by atoms with Gasteiger partial charge in [-0.2, -0.15) is 0 Å². The van der Waals surface area contributed by atoms with Gasteiger partial charge < -0.3 is 14.7 Å². The molecule has 1 amide bonds. The van der Waals surface area contributed by atoms with Gasteiger partial charge in [0.1, 0.15) is 5.60 Å². The molecule has 7 heteroatoms. The maximum atomic E-state index is 15.4. The molecule has 1 N–H and O–H groups in total. The highest BCUT2D eigenvalue weighted by atomic mass is 19.1. The zero-order valence-corrected chi connectivity index (χ0v) is 15.4. The Hall–Kier alpha value is -2.15. The number of ether oxygens (including phenoxy) is 1. The van der Waals surface area contributed by atoms with Crippen LogP contribution in [0.25, 0.3) is 0 Å². The average Bonchev–Trinajstić information content (AvgIpc) is 2.79. The largest absolute Gasteiger partial charge is 0.479 e. The lowest BCUT2D eigenvalue weighted by Gasteiger charge is -2.51. The number of carbonyl (C=O) groups is 2. The van der Waals surface area contributed by atoms with Gasteiger partial charge in [0, 0.05) is 32.7 Å². The van der Waals surface area contributed by atoms with E-state index in [1.54, 1.807) is 20.8 Å². The zero-order chi connectivity index (χ0) is 19.2. The number of carbonyl (C=O) groups excluding carboxylic acids is 1. The molecule has 0 radical (unpaired) electrons. The van der Waals surface area contributed by atoms with Crippen molar-refractivity contribution in [3.8, 4) is 0 Å². The number of halogens is 1. The Kier molecular flexibility index (Phi) is 4.46. The summed E-state index contributed by atoms with van der Waals surface area (Å²) in [6.07, 6.45) is -0.530. The molecule has 1 unspecified atom stereocenters. The summed E-state index contributed by atoms with van der Waals surface area (Å²) >= 11 is 0. The van der Waals surface area contributed by atoms with Crippen LogP contribution in [-0.2, 0) is 16.1 Å². The highest BCUT2D eigenvalue weighted by molar-refractivity contribution is 5.81. The summed E-state index contributed by atoms with van der Waals surface area (Å²) in [7, 11) is 0. The minimum absolute atomic E-state index is 0.0516. The maximum absolute atomic E-state index is 15.4. The van der Waals surface area contributed by atoms with E-state index in [0.717, 1.165) is 5.56 Å². The summed E-state index contributed by atoms with van der Waals surface area (Å²) < 4.78 is 20.7. The van der Waals surface area contributed by atoms with E-state index >= 15 is 4.39 Å². The number of carboxylic acid groups (broad SMARTS) is 1. The first-order valence-electron chi connectivity index (χ1n) is 8.71. The quantitative estimate of drug-likeness (QED) is 0.893. The molecule has 0 aliphatic carbocycles. The van der Waals surface area contributed by atoms with Gasteiger partial charge in [0.25, 0.3) is 0 Å². The lowest BCUT2D eigenvalue weighted by Crippen LogP contribution is -2.69. The maximum Gasteiger partial charge on any atom is 0.410 e. The van der Waals surface area contributed by atoms with Crippen LogP contribution in [0.15, 0.2) is 30.3 Å². The second-order valence-electron chi connectivity index (χ2n) is 8.35. The number of amides is 1. The van der Waals surface area contributed by atoms with Crippen LogP contribution in [-0.4, -0.2) is 64.4 Å². The van der Waals surface area contributed by atoms with Crippen LogP contribution in [0, 0.1) is 5.41 Å². The smallest absolute Gasteiger partial charge is 0.410 e. The summed E-state index contributed by atoms with van der Waals surface area (Å²) in [6.45, 7) is 5.97. The zero-order valence-electron chi connectivity index (χ0n) is 15.4. The van der Waals surface area contributed by atoms with Crippen molar-refractivity contribution in [1.82, 2.24) is 9.80 Å². The average molecular weight is 364 g/mol. The highest BCUT2D eigenvalue weighted by Gasteiger charge is 2.69. The van der Waals surface area contributed by atoms with E-state index in [2.05, 4.69) is 0 Å². The second-order valence-corrected chi connectivity index (χ2v) is 8.35. The fourth-order valence-electron chi connectivity index (χ4n) is 3.82. The van der Waals surface area contributed by atoms with E-state index in [4.69, 9.17) is 4.74 Å². The Bertz CT molecular complexity index is 697. The van der Waals surface area contributed by atoms with E-state index < -0.39 is 28.7 Å². The summed E-state index contributed by atoms with van der Waals surface area (Å²) in [5, 5.41) is 9.53. The number of aliphatic carboxylic acids is 1. The van der Waals surface area contributed by atoms with Gasteiger partial charge in [-0.05, 0) is 26.3 Å². The number of alkyl halides is 1. The minimum Gasteiger partial charge on any atom is -0.479 e. The van der Waals surface area contributed by atoms with Crippen molar-refractivity contribution in [3.05, 3.63) is 35.9 Å². The second kappa shape index (κ2) is 6.23. The number of carboxylic acids is 1. The van der Waals surface area contributed by atoms with Gasteiger partial charge in [-0.15, -0.1) is 0 Å². The third-order valence-corrected chi connectivity index (χ3v) is 5.04. The number of benzene rings is 1. The standard InChI is InChI=1S/C19H25FN2O4/c1-17(2,3)26-16(25)22-11-18(12-22)10-21(13-19(18,20)15(23)24)9-14-7-5-4-6-8-14/h4-8H,9-13H2,1-3H3,(H,23,24). The van der Waals surface area contributed by atoms with Gasteiger partial charge in [-0.1, -0.05) is 30.3 Å². The van der Waals surface area contributed by atoms with Crippen molar-refractivity contribution in [3.63, 3.8) is 0 Å². The molecule has 2 heterocycles. The molecule has 0 saturated carbocycles. The van der Waals surface area contributed by atoms with Gasteiger partial charge in [0.15, 0.2) is 0 Å². The molecular formula is C19H25FN2O4. The first-order valence-corrected chi connectivity index (χ1v) is 8.71. The van der Waals surface area contributed by atoms with Gasteiger partial charge in [0.05, 0.1) is 5.41 Å². The molecule has 1 spiro atoms.